The first kappa shape index (κ1) is 9.71. The predicted octanol–water partition coefficient (Wildman–Crippen LogP) is 2.04. The fourth-order valence-electron chi connectivity index (χ4n) is 1.01. The highest BCUT2D eigenvalue weighted by atomic mass is 32.1. The molecule has 1 N–H and O–H groups in total. The Labute approximate surface area is 76.8 Å². The molecule has 0 aliphatic carbocycles. The Balaban J connectivity index is 2.74. The van der Waals surface area contributed by atoms with Crippen molar-refractivity contribution in [3.8, 4) is 0 Å². The zero-order valence-electron chi connectivity index (χ0n) is 7.63. The van der Waals surface area contributed by atoms with Gasteiger partial charge in [-0.25, -0.2) is 0 Å². The van der Waals surface area contributed by atoms with Crippen LogP contribution in [0.5, 0.6) is 0 Å². The zero-order valence-corrected chi connectivity index (χ0v) is 8.44. The summed E-state index contributed by atoms with van der Waals surface area (Å²) in [7, 11) is 1.59. The van der Waals surface area contributed by atoms with E-state index in [1.165, 1.54) is 10.4 Å². The summed E-state index contributed by atoms with van der Waals surface area (Å²) in [5.74, 6) is 0. The van der Waals surface area contributed by atoms with Crippen LogP contribution < -0.4 is 0 Å². The summed E-state index contributed by atoms with van der Waals surface area (Å²) in [6, 6.07) is 2.02. The number of methoxy groups -OCH3 is 1. The molecule has 0 bridgehead atoms. The van der Waals surface area contributed by atoms with Gasteiger partial charge in [0, 0.05) is 16.9 Å². The number of ether oxygens (including phenoxy) is 1. The molecule has 1 unspecified atom stereocenters. The Bertz CT molecular complexity index is 236. The summed E-state index contributed by atoms with van der Waals surface area (Å²) >= 11 is 1.63. The maximum atomic E-state index is 9.54. The van der Waals surface area contributed by atoms with Crippen LogP contribution in [-0.2, 0) is 4.74 Å². The molecular formula is C9H14O2S. The predicted molar refractivity (Wildman–Crippen MR) is 50.6 cm³/mol. The molecule has 0 aliphatic rings. The standard InChI is InChI=1S/C9H14O2S/c1-6-4-9(12-7(6)2)8(10)5-11-3/h4,8,10H,5H2,1-3H3. The van der Waals surface area contributed by atoms with Gasteiger partial charge in [0.25, 0.3) is 0 Å². The van der Waals surface area contributed by atoms with E-state index in [1.807, 2.05) is 6.07 Å². The molecule has 0 aromatic carbocycles. The normalized spacial score (nSPS) is 13.3. The van der Waals surface area contributed by atoms with Crippen molar-refractivity contribution >= 4 is 11.3 Å². The van der Waals surface area contributed by atoms with Crippen molar-refractivity contribution in [2.75, 3.05) is 13.7 Å². The molecule has 0 aliphatic heterocycles. The summed E-state index contributed by atoms with van der Waals surface area (Å²) in [6.45, 7) is 4.48. The van der Waals surface area contributed by atoms with Crippen molar-refractivity contribution in [3.63, 3.8) is 0 Å². The van der Waals surface area contributed by atoms with Crippen LogP contribution >= 0.6 is 11.3 Å². The molecule has 0 saturated carbocycles. The second-order valence-corrected chi connectivity index (χ2v) is 4.15. The minimum absolute atomic E-state index is 0.374. The van der Waals surface area contributed by atoms with Crippen molar-refractivity contribution in [2.24, 2.45) is 0 Å². The van der Waals surface area contributed by atoms with Crippen molar-refractivity contribution < 1.29 is 9.84 Å². The third kappa shape index (κ3) is 2.06. The molecule has 0 radical (unpaired) electrons. The van der Waals surface area contributed by atoms with Gasteiger partial charge >= 0.3 is 0 Å². The maximum Gasteiger partial charge on any atom is 0.111 e. The van der Waals surface area contributed by atoms with Gasteiger partial charge in [-0.3, -0.25) is 0 Å². The second-order valence-electron chi connectivity index (χ2n) is 2.86. The first-order chi connectivity index (χ1) is 5.65. The average molecular weight is 186 g/mol. The van der Waals surface area contributed by atoms with Crippen LogP contribution in [0, 0.1) is 13.8 Å². The summed E-state index contributed by atoms with van der Waals surface area (Å²) in [5.41, 5.74) is 1.24. The minimum atomic E-state index is -0.465. The minimum Gasteiger partial charge on any atom is -0.385 e. The van der Waals surface area contributed by atoms with Crippen LogP contribution in [0.15, 0.2) is 6.07 Å². The van der Waals surface area contributed by atoms with Crippen LogP contribution in [0.4, 0.5) is 0 Å². The van der Waals surface area contributed by atoms with E-state index in [-0.39, 0.29) is 0 Å². The molecule has 1 aromatic rings. The second kappa shape index (κ2) is 4.03. The van der Waals surface area contributed by atoms with Gasteiger partial charge < -0.3 is 9.84 Å². The van der Waals surface area contributed by atoms with Crippen molar-refractivity contribution in [1.29, 1.82) is 0 Å². The Morgan fingerprint density at radius 1 is 1.58 bits per heavy atom. The summed E-state index contributed by atoms with van der Waals surface area (Å²) in [5, 5.41) is 9.54. The first-order valence-corrected chi connectivity index (χ1v) is 4.70. The number of aliphatic hydroxyl groups is 1. The molecule has 1 rings (SSSR count). The summed E-state index contributed by atoms with van der Waals surface area (Å²) < 4.78 is 4.86. The monoisotopic (exact) mass is 186 g/mol. The molecule has 0 saturated heterocycles. The maximum absolute atomic E-state index is 9.54. The highest BCUT2D eigenvalue weighted by molar-refractivity contribution is 7.12. The van der Waals surface area contributed by atoms with Gasteiger partial charge in [0.15, 0.2) is 0 Å². The Morgan fingerprint density at radius 2 is 2.25 bits per heavy atom. The van der Waals surface area contributed by atoms with Gasteiger partial charge in [0.2, 0.25) is 0 Å². The lowest BCUT2D eigenvalue weighted by molar-refractivity contribution is 0.0666. The van der Waals surface area contributed by atoms with E-state index in [2.05, 4.69) is 13.8 Å². The van der Waals surface area contributed by atoms with Gasteiger partial charge in [-0.15, -0.1) is 11.3 Å². The lowest BCUT2D eigenvalue weighted by Crippen LogP contribution is -2.02. The quantitative estimate of drug-likeness (QED) is 0.782. The van der Waals surface area contributed by atoms with Gasteiger partial charge in [0.1, 0.15) is 6.10 Å². The molecule has 68 valence electrons. The first-order valence-electron chi connectivity index (χ1n) is 3.89. The van der Waals surface area contributed by atoms with Gasteiger partial charge in [-0.2, -0.15) is 0 Å². The largest absolute Gasteiger partial charge is 0.385 e. The molecule has 0 spiro atoms. The topological polar surface area (TPSA) is 29.5 Å². The number of thiophene rings is 1. The molecule has 2 nitrogen and oxygen atoms in total. The number of hydrogen-bond acceptors (Lipinski definition) is 3. The molecule has 1 aromatic heterocycles. The molecule has 1 heterocycles. The molecular weight excluding hydrogens is 172 g/mol. The fourth-order valence-corrected chi connectivity index (χ4v) is 2.02. The Hall–Kier alpha value is -0.380. The number of aliphatic hydroxyl groups excluding tert-OH is 1. The molecule has 1 atom stereocenters. The highest BCUT2D eigenvalue weighted by Gasteiger charge is 2.10. The van der Waals surface area contributed by atoms with E-state index < -0.39 is 6.10 Å². The lowest BCUT2D eigenvalue weighted by Gasteiger charge is -2.05. The van der Waals surface area contributed by atoms with Crippen molar-refractivity contribution in [2.45, 2.75) is 20.0 Å². The Morgan fingerprint density at radius 3 is 2.67 bits per heavy atom. The van der Waals surface area contributed by atoms with E-state index in [0.29, 0.717) is 6.61 Å². The van der Waals surface area contributed by atoms with Crippen LogP contribution in [0.25, 0.3) is 0 Å². The van der Waals surface area contributed by atoms with E-state index in [1.54, 1.807) is 18.4 Å². The number of rotatable bonds is 3. The summed E-state index contributed by atoms with van der Waals surface area (Å²) in [4.78, 5) is 2.26. The van der Waals surface area contributed by atoms with Gasteiger partial charge in [0.05, 0.1) is 6.61 Å². The highest BCUT2D eigenvalue weighted by Crippen LogP contribution is 2.26. The van der Waals surface area contributed by atoms with Crippen LogP contribution in [0.1, 0.15) is 21.4 Å². The van der Waals surface area contributed by atoms with E-state index in [0.717, 1.165) is 4.88 Å². The number of hydrogen-bond donors (Lipinski definition) is 1. The van der Waals surface area contributed by atoms with Crippen LogP contribution in [0.3, 0.4) is 0 Å². The summed E-state index contributed by atoms with van der Waals surface area (Å²) in [6.07, 6.45) is -0.465. The molecule has 3 heteroatoms. The van der Waals surface area contributed by atoms with E-state index >= 15 is 0 Å². The third-order valence-electron chi connectivity index (χ3n) is 1.84. The molecule has 0 amide bonds. The van der Waals surface area contributed by atoms with Gasteiger partial charge in [-0.05, 0) is 25.5 Å². The van der Waals surface area contributed by atoms with E-state index in [4.69, 9.17) is 4.74 Å². The smallest absolute Gasteiger partial charge is 0.111 e. The van der Waals surface area contributed by atoms with Gasteiger partial charge in [-0.1, -0.05) is 0 Å². The van der Waals surface area contributed by atoms with Crippen molar-refractivity contribution in [1.82, 2.24) is 0 Å². The SMILES string of the molecule is COCC(O)c1cc(C)c(C)s1. The average Bonchev–Trinajstić information content (AvgIpc) is 2.33. The van der Waals surface area contributed by atoms with Crippen LogP contribution in [-0.4, -0.2) is 18.8 Å². The lowest BCUT2D eigenvalue weighted by atomic mass is 10.2. The van der Waals surface area contributed by atoms with E-state index in [9.17, 15) is 5.11 Å². The molecule has 12 heavy (non-hydrogen) atoms. The third-order valence-corrected chi connectivity index (χ3v) is 3.09. The fraction of sp³-hybridized carbons (Fsp3) is 0.556. The van der Waals surface area contributed by atoms with Crippen molar-refractivity contribution in [3.05, 3.63) is 21.4 Å². The molecule has 0 fully saturated rings. The number of aryl methyl sites for hydroxylation is 2. The Kier molecular flexibility index (Phi) is 3.26. The zero-order chi connectivity index (χ0) is 9.14. The van der Waals surface area contributed by atoms with Crippen LogP contribution in [0.2, 0.25) is 0 Å².